The highest BCUT2D eigenvalue weighted by Gasteiger charge is 2.15. The van der Waals surface area contributed by atoms with Gasteiger partial charge in [-0.1, -0.05) is 30.3 Å². The second-order valence-electron chi connectivity index (χ2n) is 5.92. The minimum atomic E-state index is -0.366. The summed E-state index contributed by atoms with van der Waals surface area (Å²) in [5.74, 6) is 0.0685. The number of amides is 2. The number of nitrogens with zero attached hydrogens (tertiary/aromatic N) is 2. The second kappa shape index (κ2) is 7.05. The number of nitrogens with one attached hydrogen (secondary N) is 2. The molecule has 2 aromatic carbocycles. The number of fused-ring (bicyclic) bond motifs is 1. The number of hydrogen-bond donors (Lipinski definition) is 2. The number of rotatable bonds is 3. The predicted molar refractivity (Wildman–Crippen MR) is 105 cm³/mol. The van der Waals surface area contributed by atoms with Crippen LogP contribution in [0.3, 0.4) is 0 Å². The molecule has 2 amide bonds. The maximum absolute atomic E-state index is 12.3. The van der Waals surface area contributed by atoms with E-state index in [1.165, 1.54) is 11.3 Å². The Balaban J connectivity index is 1.49. The highest BCUT2D eigenvalue weighted by Crippen LogP contribution is 2.29. The summed E-state index contributed by atoms with van der Waals surface area (Å²) in [4.78, 5) is 30.4. The molecule has 4 aromatic rings. The van der Waals surface area contributed by atoms with Gasteiger partial charge in [0.25, 0.3) is 11.8 Å². The van der Waals surface area contributed by atoms with Crippen LogP contribution in [-0.4, -0.2) is 21.4 Å². The number of aryl methyl sites for hydroxylation is 1. The van der Waals surface area contributed by atoms with Gasteiger partial charge in [0.15, 0.2) is 5.82 Å². The number of benzene rings is 2. The molecule has 0 aliphatic heterocycles. The maximum Gasteiger partial charge on any atom is 0.279 e. The first kappa shape index (κ1) is 17.0. The highest BCUT2D eigenvalue weighted by molar-refractivity contribution is 7.17. The first-order chi connectivity index (χ1) is 13.1. The fraction of sp³-hybridized carbons (Fsp3) is 0.0500. The normalized spacial score (nSPS) is 10.7. The number of imidazole rings is 1. The van der Waals surface area contributed by atoms with Gasteiger partial charge in [-0.3, -0.25) is 20.4 Å². The Morgan fingerprint density at radius 2 is 1.59 bits per heavy atom. The summed E-state index contributed by atoms with van der Waals surface area (Å²) >= 11 is 1.32. The van der Waals surface area contributed by atoms with Crippen molar-refractivity contribution >= 4 is 34.2 Å². The molecule has 2 N–H and O–H groups in total. The Labute approximate surface area is 159 Å². The molecule has 0 aliphatic carbocycles. The van der Waals surface area contributed by atoms with Gasteiger partial charge in [-0.05, 0) is 36.4 Å². The average molecular weight is 376 g/mol. The third-order valence-electron chi connectivity index (χ3n) is 4.16. The van der Waals surface area contributed by atoms with E-state index in [0.29, 0.717) is 10.4 Å². The molecule has 6 nitrogen and oxygen atoms in total. The number of hydrazine groups is 1. The van der Waals surface area contributed by atoms with Crippen LogP contribution in [0.15, 0.2) is 66.7 Å². The van der Waals surface area contributed by atoms with E-state index in [-0.39, 0.29) is 11.8 Å². The van der Waals surface area contributed by atoms with Crippen LogP contribution in [-0.2, 0) is 7.05 Å². The van der Waals surface area contributed by atoms with Crippen molar-refractivity contribution in [2.75, 3.05) is 0 Å². The first-order valence-corrected chi connectivity index (χ1v) is 9.12. The van der Waals surface area contributed by atoms with E-state index < -0.39 is 0 Å². The van der Waals surface area contributed by atoms with E-state index in [9.17, 15) is 9.59 Å². The molecule has 134 valence electrons. The van der Waals surface area contributed by atoms with E-state index in [0.717, 1.165) is 21.7 Å². The summed E-state index contributed by atoms with van der Waals surface area (Å²) in [6, 6.07) is 20.2. The van der Waals surface area contributed by atoms with Gasteiger partial charge in [-0.2, -0.15) is 0 Å². The summed E-state index contributed by atoms with van der Waals surface area (Å²) in [6.07, 6.45) is 0. The zero-order valence-electron chi connectivity index (χ0n) is 14.5. The summed E-state index contributed by atoms with van der Waals surface area (Å²) in [5.41, 5.74) is 7.29. The lowest BCUT2D eigenvalue weighted by Gasteiger charge is -2.05. The predicted octanol–water partition coefficient (Wildman–Crippen LogP) is 3.38. The minimum absolute atomic E-state index is 0.365. The number of thiophene rings is 1. The number of carbonyl (C=O) groups excluding carboxylic acids is 2. The van der Waals surface area contributed by atoms with Gasteiger partial charge in [0.1, 0.15) is 0 Å². The standard InChI is InChI=1S/C20H16N4O2S/c1-24-15-10-6-5-9-14(15)21-18(24)16-11-12-17(27-16)20(26)23-22-19(25)13-7-3-2-4-8-13/h2-12H,1H3,(H,22,25)(H,23,26). The van der Waals surface area contributed by atoms with Gasteiger partial charge in [0.05, 0.1) is 20.8 Å². The molecule has 0 spiro atoms. The van der Waals surface area contributed by atoms with Crippen molar-refractivity contribution in [2.45, 2.75) is 0 Å². The van der Waals surface area contributed by atoms with Crippen molar-refractivity contribution < 1.29 is 9.59 Å². The zero-order chi connectivity index (χ0) is 18.8. The van der Waals surface area contributed by atoms with Crippen molar-refractivity contribution in [1.82, 2.24) is 20.4 Å². The monoisotopic (exact) mass is 376 g/mol. The van der Waals surface area contributed by atoms with Gasteiger partial charge < -0.3 is 4.57 Å². The van der Waals surface area contributed by atoms with Crippen molar-refractivity contribution in [2.24, 2.45) is 7.05 Å². The average Bonchev–Trinajstić information content (AvgIpc) is 3.32. The van der Waals surface area contributed by atoms with Crippen LogP contribution in [0.2, 0.25) is 0 Å². The molecule has 2 aromatic heterocycles. The third-order valence-corrected chi connectivity index (χ3v) is 5.24. The van der Waals surface area contributed by atoms with Crippen molar-refractivity contribution in [3.8, 4) is 10.7 Å². The highest BCUT2D eigenvalue weighted by atomic mass is 32.1. The van der Waals surface area contributed by atoms with Crippen molar-refractivity contribution in [3.63, 3.8) is 0 Å². The first-order valence-electron chi connectivity index (χ1n) is 8.31. The van der Waals surface area contributed by atoms with E-state index in [2.05, 4.69) is 15.8 Å². The summed E-state index contributed by atoms with van der Waals surface area (Å²) in [5, 5.41) is 0. The number of hydrogen-bond acceptors (Lipinski definition) is 4. The molecule has 0 bridgehead atoms. The molecule has 0 unspecified atom stereocenters. The van der Waals surface area contributed by atoms with Crippen LogP contribution in [0.4, 0.5) is 0 Å². The molecular formula is C20H16N4O2S. The Kier molecular flexibility index (Phi) is 4.43. The maximum atomic E-state index is 12.3. The van der Waals surface area contributed by atoms with Crippen molar-refractivity contribution in [3.05, 3.63) is 77.2 Å². The number of para-hydroxylation sites is 2. The fourth-order valence-electron chi connectivity index (χ4n) is 2.78. The smallest absolute Gasteiger partial charge is 0.279 e. The van der Waals surface area contributed by atoms with Gasteiger partial charge in [0.2, 0.25) is 0 Å². The minimum Gasteiger partial charge on any atom is -0.326 e. The third kappa shape index (κ3) is 3.32. The van der Waals surface area contributed by atoms with Crippen molar-refractivity contribution in [1.29, 1.82) is 0 Å². The van der Waals surface area contributed by atoms with E-state index in [4.69, 9.17) is 0 Å². The molecular weight excluding hydrogens is 360 g/mol. The van der Waals surface area contributed by atoms with Crippen LogP contribution in [0.1, 0.15) is 20.0 Å². The second-order valence-corrected chi connectivity index (χ2v) is 7.01. The van der Waals surface area contributed by atoms with Crippen LogP contribution < -0.4 is 10.9 Å². The molecule has 0 radical (unpaired) electrons. The number of carbonyl (C=O) groups is 2. The van der Waals surface area contributed by atoms with Gasteiger partial charge in [-0.25, -0.2) is 4.98 Å². The van der Waals surface area contributed by atoms with Crippen LogP contribution >= 0.6 is 11.3 Å². The Morgan fingerprint density at radius 3 is 2.37 bits per heavy atom. The molecule has 7 heteroatoms. The molecule has 0 saturated carbocycles. The van der Waals surface area contributed by atoms with Gasteiger partial charge in [0, 0.05) is 12.6 Å². The molecule has 2 heterocycles. The summed E-state index contributed by atoms with van der Waals surface area (Å²) in [7, 11) is 1.95. The summed E-state index contributed by atoms with van der Waals surface area (Å²) < 4.78 is 2.00. The van der Waals surface area contributed by atoms with Gasteiger partial charge >= 0.3 is 0 Å². The molecule has 27 heavy (non-hydrogen) atoms. The van der Waals surface area contributed by atoms with E-state index in [1.807, 2.05) is 48.0 Å². The lowest BCUT2D eigenvalue weighted by Crippen LogP contribution is -2.41. The Morgan fingerprint density at radius 1 is 0.889 bits per heavy atom. The lowest BCUT2D eigenvalue weighted by atomic mass is 10.2. The Hall–Kier alpha value is -3.45. The molecule has 0 fully saturated rings. The van der Waals surface area contributed by atoms with Gasteiger partial charge in [-0.15, -0.1) is 11.3 Å². The van der Waals surface area contributed by atoms with E-state index >= 15 is 0 Å². The topological polar surface area (TPSA) is 76.0 Å². The zero-order valence-corrected chi connectivity index (χ0v) is 15.3. The molecule has 0 saturated heterocycles. The fourth-order valence-corrected chi connectivity index (χ4v) is 3.71. The largest absolute Gasteiger partial charge is 0.326 e. The van der Waals surface area contributed by atoms with Crippen LogP contribution in [0.25, 0.3) is 21.7 Å². The summed E-state index contributed by atoms with van der Waals surface area (Å²) in [6.45, 7) is 0. The van der Waals surface area contributed by atoms with E-state index in [1.54, 1.807) is 30.3 Å². The molecule has 0 atom stereocenters. The molecule has 4 rings (SSSR count). The Bertz CT molecular complexity index is 1130. The van der Waals surface area contributed by atoms with Crippen LogP contribution in [0, 0.1) is 0 Å². The lowest BCUT2D eigenvalue weighted by molar-refractivity contribution is 0.0849. The molecule has 0 aliphatic rings. The van der Waals surface area contributed by atoms with Crippen LogP contribution in [0.5, 0.6) is 0 Å². The SMILES string of the molecule is Cn1c(-c2ccc(C(=O)NNC(=O)c3ccccc3)s2)nc2ccccc21. The quantitative estimate of drug-likeness (QED) is 0.538. The number of aromatic nitrogens is 2.